The second-order valence-corrected chi connectivity index (χ2v) is 6.84. The highest BCUT2D eigenvalue weighted by molar-refractivity contribution is 7.18. The lowest BCUT2D eigenvalue weighted by Crippen LogP contribution is -2.11. The van der Waals surface area contributed by atoms with Crippen molar-refractivity contribution >= 4 is 33.2 Å². The molecule has 1 aromatic carbocycles. The molecule has 8 heteroatoms. The molecule has 0 aliphatic carbocycles. The van der Waals surface area contributed by atoms with E-state index in [1.807, 2.05) is 13.0 Å². The van der Waals surface area contributed by atoms with Gasteiger partial charge in [-0.1, -0.05) is 18.2 Å². The Bertz CT molecular complexity index is 1130. The Kier molecular flexibility index (Phi) is 4.42. The molecular formula is C18H12F3N3OS. The monoisotopic (exact) mass is 375 g/mol. The Labute approximate surface area is 150 Å². The molecule has 4 nitrogen and oxygen atoms in total. The van der Waals surface area contributed by atoms with Crippen LogP contribution >= 0.6 is 11.3 Å². The third-order valence-corrected chi connectivity index (χ3v) is 5.08. The largest absolute Gasteiger partial charge is 0.416 e. The second kappa shape index (κ2) is 6.42. The Morgan fingerprint density at radius 2 is 2.00 bits per heavy atom. The van der Waals surface area contributed by atoms with Gasteiger partial charge in [0.05, 0.1) is 16.5 Å². The molecule has 0 saturated carbocycles. The predicted octanol–water partition coefficient (Wildman–Crippen LogP) is 4.68. The molecule has 0 amide bonds. The molecule has 0 fully saturated rings. The van der Waals surface area contributed by atoms with Gasteiger partial charge in [0, 0.05) is 4.88 Å². The highest BCUT2D eigenvalue weighted by Crippen LogP contribution is 2.33. The molecule has 0 saturated heterocycles. The summed E-state index contributed by atoms with van der Waals surface area (Å²) in [5.41, 5.74) is -0.798. The van der Waals surface area contributed by atoms with Crippen LogP contribution in [-0.4, -0.2) is 9.97 Å². The predicted molar refractivity (Wildman–Crippen MR) is 94.6 cm³/mol. The third-order valence-electron chi connectivity index (χ3n) is 3.98. The van der Waals surface area contributed by atoms with Crippen LogP contribution in [0.4, 0.5) is 13.2 Å². The number of nitriles is 1. The van der Waals surface area contributed by atoms with E-state index in [2.05, 4.69) is 9.97 Å². The van der Waals surface area contributed by atoms with E-state index in [0.717, 1.165) is 22.6 Å². The van der Waals surface area contributed by atoms with E-state index < -0.39 is 17.3 Å². The van der Waals surface area contributed by atoms with Crippen LogP contribution in [0.5, 0.6) is 0 Å². The zero-order valence-electron chi connectivity index (χ0n) is 13.7. The van der Waals surface area contributed by atoms with Crippen molar-refractivity contribution < 1.29 is 13.2 Å². The first-order valence-electron chi connectivity index (χ1n) is 7.50. The Balaban J connectivity index is 2.20. The second-order valence-electron chi connectivity index (χ2n) is 5.63. The van der Waals surface area contributed by atoms with Crippen molar-refractivity contribution in [2.45, 2.75) is 20.0 Å². The number of aromatic amines is 1. The summed E-state index contributed by atoms with van der Waals surface area (Å²) in [5, 5.41) is 9.83. The smallest absolute Gasteiger partial charge is 0.305 e. The summed E-state index contributed by atoms with van der Waals surface area (Å²) in [5.74, 6) is -0.0526. The number of aromatic nitrogens is 2. The number of fused-ring (bicyclic) bond motifs is 1. The fourth-order valence-corrected chi connectivity index (χ4v) is 3.60. The first kappa shape index (κ1) is 17.9. The Hall–Kier alpha value is -2.92. The number of rotatable bonds is 2. The summed E-state index contributed by atoms with van der Waals surface area (Å²) in [6.07, 6.45) is -3.47. The summed E-state index contributed by atoms with van der Waals surface area (Å²) < 4.78 is 39.4. The minimum Gasteiger partial charge on any atom is -0.305 e. The molecule has 26 heavy (non-hydrogen) atoms. The lowest BCUT2D eigenvalue weighted by molar-refractivity contribution is -0.137. The molecule has 0 radical (unpaired) electrons. The number of halogens is 3. The summed E-state index contributed by atoms with van der Waals surface area (Å²) in [6.45, 7) is 3.65. The molecule has 132 valence electrons. The first-order chi connectivity index (χ1) is 12.2. The molecular weight excluding hydrogens is 363 g/mol. The van der Waals surface area contributed by atoms with Crippen LogP contribution in [-0.2, 0) is 6.18 Å². The van der Waals surface area contributed by atoms with E-state index in [4.69, 9.17) is 0 Å². The summed E-state index contributed by atoms with van der Waals surface area (Å²) in [6, 6.07) is 6.74. The van der Waals surface area contributed by atoms with Crippen molar-refractivity contribution in [3.05, 3.63) is 62.0 Å². The van der Waals surface area contributed by atoms with Crippen molar-refractivity contribution in [1.29, 1.82) is 5.26 Å². The topological polar surface area (TPSA) is 69.5 Å². The molecule has 0 atom stereocenters. The molecule has 0 spiro atoms. The van der Waals surface area contributed by atoms with Gasteiger partial charge in [-0.3, -0.25) is 4.79 Å². The maximum atomic E-state index is 13.1. The SMILES string of the molecule is Cc1sc2nc(/C(C#N)=C\c3ccccc3C(F)(F)F)[nH]c(=O)c2c1C. The number of thiophene rings is 1. The Morgan fingerprint density at radius 3 is 2.65 bits per heavy atom. The standard InChI is InChI=1S/C18H12F3N3OS/c1-9-10(2)26-17-14(9)16(25)23-15(24-17)12(8-22)7-11-5-3-4-6-13(11)18(19,20)21/h3-7H,1-2H3,(H,23,24,25)/b12-7-. The quantitative estimate of drug-likeness (QED) is 0.661. The first-order valence-corrected chi connectivity index (χ1v) is 8.32. The number of nitrogens with one attached hydrogen (secondary N) is 1. The van der Waals surface area contributed by atoms with E-state index >= 15 is 0 Å². The molecule has 0 aliphatic heterocycles. The van der Waals surface area contributed by atoms with Gasteiger partial charge in [0.2, 0.25) is 0 Å². The summed E-state index contributed by atoms with van der Waals surface area (Å²) in [7, 11) is 0. The van der Waals surface area contributed by atoms with Crippen LogP contribution in [0.15, 0.2) is 29.1 Å². The van der Waals surface area contributed by atoms with Crippen LogP contribution in [0.25, 0.3) is 21.9 Å². The fourth-order valence-electron chi connectivity index (χ4n) is 2.57. The van der Waals surface area contributed by atoms with Crippen molar-refractivity contribution in [3.8, 4) is 6.07 Å². The van der Waals surface area contributed by atoms with Crippen LogP contribution in [0.3, 0.4) is 0 Å². The third kappa shape index (κ3) is 3.13. The van der Waals surface area contributed by atoms with Crippen LogP contribution in [0, 0.1) is 25.2 Å². The normalized spacial score (nSPS) is 12.4. The van der Waals surface area contributed by atoms with Crippen molar-refractivity contribution in [3.63, 3.8) is 0 Å². The van der Waals surface area contributed by atoms with Crippen molar-refractivity contribution in [1.82, 2.24) is 9.97 Å². The maximum Gasteiger partial charge on any atom is 0.416 e. The van der Waals surface area contributed by atoms with Gasteiger partial charge in [0.25, 0.3) is 5.56 Å². The highest BCUT2D eigenvalue weighted by atomic mass is 32.1. The van der Waals surface area contributed by atoms with Crippen LogP contribution in [0.2, 0.25) is 0 Å². The zero-order valence-corrected chi connectivity index (χ0v) is 14.5. The number of aryl methyl sites for hydroxylation is 2. The molecule has 3 rings (SSSR count). The van der Waals surface area contributed by atoms with E-state index in [9.17, 15) is 23.2 Å². The number of hydrogen-bond acceptors (Lipinski definition) is 4. The van der Waals surface area contributed by atoms with Crippen molar-refractivity contribution in [2.75, 3.05) is 0 Å². The van der Waals surface area contributed by atoms with E-state index in [1.54, 1.807) is 6.92 Å². The average molecular weight is 375 g/mol. The van der Waals surface area contributed by atoms with Gasteiger partial charge in [-0.25, -0.2) is 4.98 Å². The number of alkyl halides is 3. The van der Waals surface area contributed by atoms with Gasteiger partial charge < -0.3 is 4.98 Å². The molecule has 0 unspecified atom stereocenters. The lowest BCUT2D eigenvalue weighted by Gasteiger charge is -2.10. The average Bonchev–Trinajstić information content (AvgIpc) is 2.86. The van der Waals surface area contributed by atoms with E-state index in [-0.39, 0.29) is 17.0 Å². The van der Waals surface area contributed by atoms with Crippen molar-refractivity contribution in [2.24, 2.45) is 0 Å². The minimum absolute atomic E-state index is 0.0526. The number of allylic oxidation sites excluding steroid dienone is 1. The lowest BCUT2D eigenvalue weighted by atomic mass is 10.0. The number of benzene rings is 1. The number of H-pyrrole nitrogens is 1. The Morgan fingerprint density at radius 1 is 1.31 bits per heavy atom. The fraction of sp³-hybridized carbons (Fsp3) is 0.167. The van der Waals surface area contributed by atoms with E-state index in [1.165, 1.54) is 29.5 Å². The van der Waals surface area contributed by atoms with Gasteiger partial charge in [-0.2, -0.15) is 18.4 Å². The highest BCUT2D eigenvalue weighted by Gasteiger charge is 2.32. The van der Waals surface area contributed by atoms with Crippen LogP contribution < -0.4 is 5.56 Å². The molecule has 2 aromatic heterocycles. The van der Waals surface area contributed by atoms with Gasteiger partial charge in [-0.15, -0.1) is 11.3 Å². The van der Waals surface area contributed by atoms with Gasteiger partial charge in [0.1, 0.15) is 10.9 Å². The van der Waals surface area contributed by atoms with E-state index in [0.29, 0.717) is 10.2 Å². The molecule has 1 N–H and O–H groups in total. The summed E-state index contributed by atoms with van der Waals surface area (Å²) in [4.78, 5) is 20.5. The molecule has 0 aliphatic rings. The minimum atomic E-state index is -4.56. The number of hydrogen-bond donors (Lipinski definition) is 1. The summed E-state index contributed by atoms with van der Waals surface area (Å²) >= 11 is 1.30. The zero-order chi connectivity index (χ0) is 19.1. The molecule has 0 bridgehead atoms. The van der Waals surface area contributed by atoms with Gasteiger partial charge in [-0.05, 0) is 37.1 Å². The molecule has 2 heterocycles. The van der Waals surface area contributed by atoms with Crippen LogP contribution in [0.1, 0.15) is 27.4 Å². The molecule has 3 aromatic rings. The number of nitrogens with zero attached hydrogens (tertiary/aromatic N) is 2. The van der Waals surface area contributed by atoms with Gasteiger partial charge in [0.15, 0.2) is 5.82 Å². The maximum absolute atomic E-state index is 13.1. The van der Waals surface area contributed by atoms with Gasteiger partial charge >= 0.3 is 6.18 Å².